The average molecular weight is 320 g/mol. The van der Waals surface area contributed by atoms with Crippen LogP contribution >= 0.6 is 11.8 Å². The fraction of sp³-hybridized carbons (Fsp3) is 0.438. The minimum atomic E-state index is -0.364. The molecule has 1 aromatic carbocycles. The second-order valence-corrected chi connectivity index (χ2v) is 6.69. The fourth-order valence-electron chi connectivity index (χ4n) is 1.65. The van der Waals surface area contributed by atoms with Crippen LogP contribution in [-0.4, -0.2) is 28.3 Å². The first-order valence-electron chi connectivity index (χ1n) is 7.13. The molecule has 0 fully saturated rings. The lowest BCUT2D eigenvalue weighted by atomic mass is 9.92. The zero-order chi connectivity index (χ0) is 16.2. The SMILES string of the molecule is CCOc1ccccc1-c1nnc(SCC(=O)C(C)(C)C)o1. The van der Waals surface area contributed by atoms with Crippen molar-refractivity contribution in [1.29, 1.82) is 0 Å². The third-order valence-corrected chi connectivity index (χ3v) is 3.81. The molecule has 0 N–H and O–H groups in total. The van der Waals surface area contributed by atoms with Crippen LogP contribution in [0.3, 0.4) is 0 Å². The molecule has 2 rings (SSSR count). The number of hydrogen-bond acceptors (Lipinski definition) is 6. The van der Waals surface area contributed by atoms with Crippen molar-refractivity contribution >= 4 is 17.5 Å². The maximum Gasteiger partial charge on any atom is 0.277 e. The maximum absolute atomic E-state index is 11.9. The van der Waals surface area contributed by atoms with Crippen molar-refractivity contribution in [3.8, 4) is 17.2 Å². The minimum absolute atomic E-state index is 0.145. The van der Waals surface area contributed by atoms with Crippen molar-refractivity contribution in [2.24, 2.45) is 5.41 Å². The fourth-order valence-corrected chi connectivity index (χ4v) is 2.57. The Hall–Kier alpha value is -1.82. The molecule has 2 aromatic rings. The Bertz CT molecular complexity index is 647. The van der Waals surface area contributed by atoms with Gasteiger partial charge in [0.2, 0.25) is 0 Å². The number of nitrogens with zero attached hydrogens (tertiary/aromatic N) is 2. The third kappa shape index (κ3) is 4.10. The number of rotatable bonds is 6. The van der Waals surface area contributed by atoms with Gasteiger partial charge >= 0.3 is 0 Å². The minimum Gasteiger partial charge on any atom is -0.493 e. The van der Waals surface area contributed by atoms with Crippen molar-refractivity contribution in [3.05, 3.63) is 24.3 Å². The largest absolute Gasteiger partial charge is 0.493 e. The second-order valence-electron chi connectivity index (χ2n) is 5.76. The van der Waals surface area contributed by atoms with Gasteiger partial charge in [-0.1, -0.05) is 44.7 Å². The summed E-state index contributed by atoms with van der Waals surface area (Å²) in [7, 11) is 0. The van der Waals surface area contributed by atoms with Gasteiger partial charge in [-0.2, -0.15) is 0 Å². The van der Waals surface area contributed by atoms with E-state index in [2.05, 4.69) is 10.2 Å². The Labute approximate surface area is 134 Å². The van der Waals surface area contributed by atoms with Gasteiger partial charge in [-0.05, 0) is 19.1 Å². The molecule has 5 nitrogen and oxygen atoms in total. The van der Waals surface area contributed by atoms with Gasteiger partial charge in [0, 0.05) is 5.41 Å². The van der Waals surface area contributed by atoms with E-state index in [9.17, 15) is 4.79 Å². The summed E-state index contributed by atoms with van der Waals surface area (Å²) in [5, 5.41) is 8.41. The third-order valence-electron chi connectivity index (χ3n) is 2.99. The molecule has 0 unspecified atom stereocenters. The molecule has 0 amide bonds. The van der Waals surface area contributed by atoms with E-state index in [0.717, 1.165) is 5.56 Å². The van der Waals surface area contributed by atoms with Crippen molar-refractivity contribution in [3.63, 3.8) is 0 Å². The molecular weight excluding hydrogens is 300 g/mol. The first-order chi connectivity index (χ1) is 10.4. The lowest BCUT2D eigenvalue weighted by Gasteiger charge is -2.14. The Morgan fingerprint density at radius 2 is 2.00 bits per heavy atom. The van der Waals surface area contributed by atoms with E-state index in [1.54, 1.807) is 0 Å². The lowest BCUT2D eigenvalue weighted by molar-refractivity contribution is -0.123. The Morgan fingerprint density at radius 1 is 1.27 bits per heavy atom. The molecule has 0 saturated heterocycles. The van der Waals surface area contributed by atoms with E-state index >= 15 is 0 Å². The summed E-state index contributed by atoms with van der Waals surface area (Å²) in [6, 6.07) is 7.51. The van der Waals surface area contributed by atoms with Gasteiger partial charge in [0.05, 0.1) is 17.9 Å². The molecule has 6 heteroatoms. The van der Waals surface area contributed by atoms with Crippen molar-refractivity contribution in [2.45, 2.75) is 32.9 Å². The molecule has 22 heavy (non-hydrogen) atoms. The first-order valence-corrected chi connectivity index (χ1v) is 8.12. The number of thioether (sulfide) groups is 1. The van der Waals surface area contributed by atoms with Crippen LogP contribution in [-0.2, 0) is 4.79 Å². The number of para-hydroxylation sites is 1. The van der Waals surface area contributed by atoms with Crippen LogP contribution in [0.4, 0.5) is 0 Å². The summed E-state index contributed by atoms with van der Waals surface area (Å²) >= 11 is 1.26. The van der Waals surface area contributed by atoms with E-state index in [1.807, 2.05) is 52.0 Å². The van der Waals surface area contributed by atoms with Crippen LogP contribution in [0, 0.1) is 5.41 Å². The molecule has 1 aromatic heterocycles. The molecule has 118 valence electrons. The Morgan fingerprint density at radius 3 is 2.68 bits per heavy atom. The van der Waals surface area contributed by atoms with Gasteiger partial charge in [0.1, 0.15) is 11.5 Å². The molecule has 1 heterocycles. The van der Waals surface area contributed by atoms with Crippen molar-refractivity contribution in [2.75, 3.05) is 12.4 Å². The number of Topliss-reactive ketones (excluding diaryl/α,β-unsaturated/α-hetero) is 1. The number of carbonyl (C=O) groups excluding carboxylic acids is 1. The lowest BCUT2D eigenvalue weighted by Crippen LogP contribution is -2.21. The molecule has 0 aliphatic carbocycles. The van der Waals surface area contributed by atoms with Crippen molar-refractivity contribution < 1.29 is 13.9 Å². The summed E-state index contributed by atoms with van der Waals surface area (Å²) in [4.78, 5) is 11.9. The molecule has 0 radical (unpaired) electrons. The van der Waals surface area contributed by atoms with Gasteiger partial charge in [-0.25, -0.2) is 0 Å². The molecular formula is C16H20N2O3S. The molecule has 0 bridgehead atoms. The van der Waals surface area contributed by atoms with Crippen LogP contribution in [0.2, 0.25) is 0 Å². The van der Waals surface area contributed by atoms with E-state index in [4.69, 9.17) is 9.15 Å². The highest BCUT2D eigenvalue weighted by atomic mass is 32.2. The standard InChI is InChI=1S/C16H20N2O3S/c1-5-20-12-9-7-6-8-11(12)14-17-18-15(21-14)22-10-13(19)16(2,3)4/h6-9H,5,10H2,1-4H3. The number of benzene rings is 1. The van der Waals surface area contributed by atoms with Gasteiger partial charge < -0.3 is 9.15 Å². The predicted molar refractivity (Wildman–Crippen MR) is 86.1 cm³/mol. The topological polar surface area (TPSA) is 65.2 Å². The summed E-state index contributed by atoms with van der Waals surface area (Å²) in [5.41, 5.74) is 0.392. The number of carbonyl (C=O) groups is 1. The number of ether oxygens (including phenoxy) is 1. The van der Waals surface area contributed by atoms with Gasteiger partial charge in [0.15, 0.2) is 0 Å². The Kier molecular flexibility index (Phi) is 5.24. The molecule has 0 aliphatic rings. The average Bonchev–Trinajstić information content (AvgIpc) is 2.93. The van der Waals surface area contributed by atoms with E-state index < -0.39 is 0 Å². The van der Waals surface area contributed by atoms with Crippen LogP contribution in [0.1, 0.15) is 27.7 Å². The number of aromatic nitrogens is 2. The van der Waals surface area contributed by atoms with Crippen LogP contribution < -0.4 is 4.74 Å². The highest BCUT2D eigenvalue weighted by molar-refractivity contribution is 7.99. The summed E-state index contributed by atoms with van der Waals surface area (Å²) < 4.78 is 11.2. The highest BCUT2D eigenvalue weighted by Crippen LogP contribution is 2.31. The second kappa shape index (κ2) is 6.96. The van der Waals surface area contributed by atoms with Crippen LogP contribution in [0.15, 0.2) is 33.9 Å². The molecule has 0 saturated carbocycles. The number of hydrogen-bond donors (Lipinski definition) is 0. The predicted octanol–water partition coefficient (Wildman–Crippen LogP) is 3.84. The van der Waals surface area contributed by atoms with Gasteiger partial charge in [-0.15, -0.1) is 10.2 Å². The zero-order valence-corrected chi connectivity index (χ0v) is 14.1. The molecule has 0 spiro atoms. The Balaban J connectivity index is 2.10. The smallest absolute Gasteiger partial charge is 0.277 e. The summed E-state index contributed by atoms with van der Waals surface area (Å²) in [6.45, 7) is 8.17. The number of ketones is 1. The summed E-state index contributed by atoms with van der Waals surface area (Å²) in [6.07, 6.45) is 0. The van der Waals surface area contributed by atoms with E-state index in [1.165, 1.54) is 11.8 Å². The van der Waals surface area contributed by atoms with E-state index in [-0.39, 0.29) is 11.2 Å². The van der Waals surface area contributed by atoms with Crippen LogP contribution in [0.25, 0.3) is 11.5 Å². The highest BCUT2D eigenvalue weighted by Gasteiger charge is 2.22. The normalized spacial score (nSPS) is 11.5. The van der Waals surface area contributed by atoms with E-state index in [0.29, 0.717) is 29.2 Å². The van der Waals surface area contributed by atoms with Gasteiger partial charge in [-0.3, -0.25) is 4.79 Å². The van der Waals surface area contributed by atoms with Crippen LogP contribution in [0.5, 0.6) is 5.75 Å². The van der Waals surface area contributed by atoms with Gasteiger partial charge in [0.25, 0.3) is 11.1 Å². The summed E-state index contributed by atoms with van der Waals surface area (Å²) in [5.74, 6) is 1.57. The molecule has 0 atom stereocenters. The first kappa shape index (κ1) is 16.5. The zero-order valence-electron chi connectivity index (χ0n) is 13.3. The monoisotopic (exact) mass is 320 g/mol. The maximum atomic E-state index is 11.9. The van der Waals surface area contributed by atoms with Crippen molar-refractivity contribution in [1.82, 2.24) is 10.2 Å². The molecule has 0 aliphatic heterocycles. The quantitative estimate of drug-likeness (QED) is 0.753.